The Labute approximate surface area is 273 Å². The third-order valence-electron chi connectivity index (χ3n) is 7.93. The Morgan fingerprint density at radius 3 is 2.40 bits per heavy atom. The van der Waals surface area contributed by atoms with Gasteiger partial charge in [0.1, 0.15) is 0 Å². The number of amides is 4. The van der Waals surface area contributed by atoms with Crippen LogP contribution in [0.25, 0.3) is 0 Å². The van der Waals surface area contributed by atoms with E-state index >= 15 is 0 Å². The summed E-state index contributed by atoms with van der Waals surface area (Å²) in [5.74, 6) is 0.0309. The van der Waals surface area contributed by atoms with E-state index in [0.29, 0.717) is 41.5 Å². The monoisotopic (exact) mass is 636 g/mol. The highest BCUT2D eigenvalue weighted by molar-refractivity contribution is 6.05. The summed E-state index contributed by atoms with van der Waals surface area (Å²) in [7, 11) is 3.84. The summed E-state index contributed by atoms with van der Waals surface area (Å²) in [6, 6.07) is 22.4. The topological polar surface area (TPSA) is 155 Å². The predicted molar refractivity (Wildman–Crippen MR) is 182 cm³/mol. The molecular formula is C35H40N8O4. The number of aliphatic hydroxyl groups excluding tert-OH is 1. The molecule has 0 radical (unpaired) electrons. The molecule has 4 aromatic rings. The molecule has 0 saturated heterocycles. The van der Waals surface area contributed by atoms with E-state index in [2.05, 4.69) is 31.5 Å². The van der Waals surface area contributed by atoms with Gasteiger partial charge < -0.3 is 36.2 Å². The Morgan fingerprint density at radius 2 is 1.70 bits per heavy atom. The number of carbonyl (C=O) groups is 3. The van der Waals surface area contributed by atoms with E-state index in [0.717, 1.165) is 16.8 Å². The Kier molecular flexibility index (Phi) is 10.0. The molecule has 12 nitrogen and oxygen atoms in total. The lowest BCUT2D eigenvalue weighted by Gasteiger charge is -2.33. The van der Waals surface area contributed by atoms with Gasteiger partial charge in [0.05, 0.1) is 30.4 Å². The van der Waals surface area contributed by atoms with Gasteiger partial charge in [-0.05, 0) is 76.0 Å². The first-order valence-corrected chi connectivity index (χ1v) is 15.3. The molecule has 0 fully saturated rings. The molecule has 244 valence electrons. The van der Waals surface area contributed by atoms with E-state index in [1.165, 1.54) is 6.08 Å². The number of carbonyl (C=O) groups excluding carboxylic acids is 3. The van der Waals surface area contributed by atoms with Crippen molar-refractivity contribution in [2.45, 2.75) is 32.0 Å². The molecule has 1 aromatic heterocycles. The molecule has 0 bridgehead atoms. The number of anilines is 4. The molecule has 5 rings (SSSR count). The Morgan fingerprint density at radius 1 is 0.979 bits per heavy atom. The second kappa shape index (κ2) is 14.3. The average molecular weight is 637 g/mol. The van der Waals surface area contributed by atoms with Gasteiger partial charge in [-0.25, -0.2) is 4.79 Å². The van der Waals surface area contributed by atoms with Gasteiger partial charge >= 0.3 is 6.03 Å². The highest BCUT2D eigenvalue weighted by Gasteiger charge is 2.44. The first-order chi connectivity index (χ1) is 22.5. The van der Waals surface area contributed by atoms with Crippen molar-refractivity contribution in [3.63, 3.8) is 0 Å². The third kappa shape index (κ3) is 7.86. The van der Waals surface area contributed by atoms with Crippen molar-refractivity contribution in [3.8, 4) is 0 Å². The molecule has 1 atom stereocenters. The van der Waals surface area contributed by atoms with Crippen LogP contribution in [-0.2, 0) is 16.9 Å². The van der Waals surface area contributed by atoms with Gasteiger partial charge in [0.25, 0.3) is 5.91 Å². The van der Waals surface area contributed by atoms with Crippen molar-refractivity contribution in [1.82, 2.24) is 25.3 Å². The molecule has 1 aliphatic heterocycles. The zero-order chi connectivity index (χ0) is 33.6. The number of aliphatic hydroxyl groups is 1. The van der Waals surface area contributed by atoms with Crippen molar-refractivity contribution >= 4 is 40.7 Å². The van der Waals surface area contributed by atoms with Crippen molar-refractivity contribution in [3.05, 3.63) is 113 Å². The number of urea groups is 1. The second-order valence-corrected chi connectivity index (χ2v) is 12.1. The molecule has 1 unspecified atom stereocenters. The molecule has 12 heteroatoms. The maximum Gasteiger partial charge on any atom is 0.319 e. The minimum atomic E-state index is -0.681. The van der Waals surface area contributed by atoms with Gasteiger partial charge in [0, 0.05) is 40.8 Å². The first-order valence-electron chi connectivity index (χ1n) is 15.3. The number of likely N-dealkylation sites (N-methyl/N-ethyl adjacent to an activating group) is 1. The van der Waals surface area contributed by atoms with Crippen LogP contribution in [0.2, 0.25) is 0 Å². The largest absolute Gasteiger partial charge is 0.394 e. The van der Waals surface area contributed by atoms with Crippen LogP contribution >= 0.6 is 0 Å². The smallest absolute Gasteiger partial charge is 0.319 e. The number of aromatic amines is 1. The number of H-pyrrole nitrogens is 1. The van der Waals surface area contributed by atoms with E-state index in [9.17, 15) is 19.5 Å². The number of hydrogen-bond donors (Lipinski definition) is 6. The fourth-order valence-electron chi connectivity index (χ4n) is 5.37. The van der Waals surface area contributed by atoms with E-state index in [1.54, 1.807) is 47.4 Å². The van der Waals surface area contributed by atoms with Gasteiger partial charge in [-0.2, -0.15) is 5.10 Å². The van der Waals surface area contributed by atoms with E-state index in [-0.39, 0.29) is 24.5 Å². The number of fused-ring (bicyclic) bond motifs is 1. The quantitative estimate of drug-likeness (QED) is 0.127. The van der Waals surface area contributed by atoms with Gasteiger partial charge in [-0.3, -0.25) is 14.7 Å². The Bertz CT molecular complexity index is 1750. The Balaban J connectivity index is 1.21. The molecule has 0 aliphatic carbocycles. The summed E-state index contributed by atoms with van der Waals surface area (Å²) in [6.07, 6.45) is 3.25. The van der Waals surface area contributed by atoms with Crippen LogP contribution in [0, 0.1) is 0 Å². The second-order valence-electron chi connectivity index (χ2n) is 12.1. The van der Waals surface area contributed by atoms with Crippen molar-refractivity contribution in [2.75, 3.05) is 43.2 Å². The van der Waals surface area contributed by atoms with E-state index in [1.807, 2.05) is 75.3 Å². The van der Waals surface area contributed by atoms with Gasteiger partial charge in [-0.1, -0.05) is 42.5 Å². The maximum absolute atomic E-state index is 13.4. The third-order valence-corrected chi connectivity index (χ3v) is 7.93. The summed E-state index contributed by atoms with van der Waals surface area (Å²) >= 11 is 0. The zero-order valence-electron chi connectivity index (χ0n) is 26.9. The van der Waals surface area contributed by atoms with Crippen LogP contribution in [0.15, 0.2) is 91.0 Å². The number of rotatable bonds is 11. The summed E-state index contributed by atoms with van der Waals surface area (Å²) < 4.78 is 0. The molecule has 4 amide bonds. The maximum atomic E-state index is 13.4. The molecule has 47 heavy (non-hydrogen) atoms. The molecule has 0 spiro atoms. The summed E-state index contributed by atoms with van der Waals surface area (Å²) in [4.78, 5) is 42.2. The molecule has 3 aromatic carbocycles. The summed E-state index contributed by atoms with van der Waals surface area (Å²) in [6.45, 7) is 4.62. The van der Waals surface area contributed by atoms with Crippen LogP contribution in [-0.4, -0.2) is 70.2 Å². The normalized spacial score (nSPS) is 14.1. The number of hydrogen-bond acceptors (Lipinski definition) is 7. The number of nitrogens with zero attached hydrogens (tertiary/aromatic N) is 3. The average Bonchev–Trinajstić information content (AvgIpc) is 3.57. The van der Waals surface area contributed by atoms with Crippen molar-refractivity contribution in [2.24, 2.45) is 0 Å². The van der Waals surface area contributed by atoms with Crippen LogP contribution in [0.3, 0.4) is 0 Å². The molecule has 6 N–H and O–H groups in total. The van der Waals surface area contributed by atoms with Gasteiger partial charge in [0.2, 0.25) is 5.91 Å². The molecule has 2 heterocycles. The fourth-order valence-corrected chi connectivity index (χ4v) is 5.37. The Hall–Kier alpha value is -5.46. The summed E-state index contributed by atoms with van der Waals surface area (Å²) in [5.41, 5.74) is 4.09. The van der Waals surface area contributed by atoms with Crippen molar-refractivity contribution < 1.29 is 19.5 Å². The number of benzene rings is 3. The molecule has 1 aliphatic rings. The van der Waals surface area contributed by atoms with Crippen molar-refractivity contribution in [1.29, 1.82) is 0 Å². The minimum Gasteiger partial charge on any atom is -0.394 e. The fraction of sp³-hybridized carbons (Fsp3) is 0.257. The lowest BCUT2D eigenvalue weighted by Crippen LogP contribution is -2.47. The number of nitrogens with one attached hydrogen (secondary N) is 5. The lowest BCUT2D eigenvalue weighted by atomic mass is 10.0. The van der Waals surface area contributed by atoms with Crippen LogP contribution < -0.4 is 21.3 Å². The highest BCUT2D eigenvalue weighted by Crippen LogP contribution is 2.41. The summed E-state index contributed by atoms with van der Waals surface area (Å²) in [5, 5.41) is 29.5. The standard InChI is InChI=1S/C35H40N8O4/c1-35(2)31-28(21-43(35)34(47)39-29(22-44)23-10-6-5-7-11-23)32(41-40-31)37-26-12-8-13-27(20-26)38-33(46)24-15-17-25(18-16-24)36-30(45)14-9-19-42(3)4/h5-18,20,29,44H,19,21-22H2,1-4H3,(H,36,45)(H,38,46)(H,39,47)(H2,37,40,41). The molecule has 0 saturated carbocycles. The van der Waals surface area contributed by atoms with E-state index in [4.69, 9.17) is 0 Å². The van der Waals surface area contributed by atoms with Crippen LogP contribution in [0.5, 0.6) is 0 Å². The van der Waals surface area contributed by atoms with E-state index < -0.39 is 11.6 Å². The first kappa shape index (κ1) is 32.9. The number of aromatic nitrogens is 2. The minimum absolute atomic E-state index is 0.227. The van der Waals surface area contributed by atoms with Gasteiger partial charge in [-0.15, -0.1) is 0 Å². The molecular weight excluding hydrogens is 596 g/mol. The van der Waals surface area contributed by atoms with Crippen LogP contribution in [0.1, 0.15) is 47.1 Å². The zero-order valence-corrected chi connectivity index (χ0v) is 26.9. The van der Waals surface area contributed by atoms with Gasteiger partial charge in [0.15, 0.2) is 5.82 Å². The SMILES string of the molecule is CN(C)CC=CC(=O)Nc1ccc(C(=O)Nc2cccc(Nc3n[nH]c4c3CN(C(=O)NC(CO)c3ccccc3)C4(C)C)c2)cc1. The highest BCUT2D eigenvalue weighted by atomic mass is 16.3. The predicted octanol–water partition coefficient (Wildman–Crippen LogP) is 4.96. The van der Waals surface area contributed by atoms with Crippen LogP contribution in [0.4, 0.5) is 27.7 Å². The lowest BCUT2D eigenvalue weighted by molar-refractivity contribution is -0.111.